The molecule has 4 heteroatoms. The Kier molecular flexibility index (Phi) is 3.62. The molecular formula is C10H4BrF2N. The quantitative estimate of drug-likeness (QED) is 0.517. The van der Waals surface area contributed by atoms with Gasteiger partial charge in [0.2, 0.25) is 0 Å². The molecule has 1 rings (SSSR count). The number of hydrogen-bond acceptors (Lipinski definition) is 1. The van der Waals surface area contributed by atoms with Crippen LogP contribution < -0.4 is 0 Å². The minimum Gasteiger partial charge on any atom is -0.206 e. The fraction of sp³-hybridized carbons (Fsp3) is 0.100. The maximum atomic E-state index is 12.9. The molecule has 0 aliphatic heterocycles. The summed E-state index contributed by atoms with van der Waals surface area (Å²) in [7, 11) is 0. The molecule has 0 amide bonds. The first-order valence-corrected chi connectivity index (χ1v) is 4.45. The van der Waals surface area contributed by atoms with Crippen molar-refractivity contribution in [1.29, 1.82) is 5.26 Å². The topological polar surface area (TPSA) is 23.8 Å². The third kappa shape index (κ3) is 2.55. The molecule has 0 bridgehead atoms. The Bertz CT molecular complexity index is 428. The summed E-state index contributed by atoms with van der Waals surface area (Å²) in [5.74, 6) is 3.54. The van der Waals surface area contributed by atoms with Gasteiger partial charge in [0.05, 0.1) is 17.0 Å². The van der Waals surface area contributed by atoms with Crippen LogP contribution in [0.4, 0.5) is 8.78 Å². The van der Waals surface area contributed by atoms with Crippen LogP contribution >= 0.6 is 15.9 Å². The monoisotopic (exact) mass is 255 g/mol. The molecule has 1 aromatic carbocycles. The molecule has 0 N–H and O–H groups in total. The molecule has 0 aliphatic carbocycles. The van der Waals surface area contributed by atoms with E-state index < -0.39 is 11.6 Å². The van der Waals surface area contributed by atoms with Crippen molar-refractivity contribution in [2.24, 2.45) is 0 Å². The molecule has 0 aliphatic rings. The predicted octanol–water partition coefficient (Wildman–Crippen LogP) is 2.99. The van der Waals surface area contributed by atoms with Gasteiger partial charge in [-0.3, -0.25) is 0 Å². The summed E-state index contributed by atoms with van der Waals surface area (Å²) >= 11 is 2.74. The van der Waals surface area contributed by atoms with E-state index in [9.17, 15) is 8.78 Å². The summed E-state index contributed by atoms with van der Waals surface area (Å²) in [6.07, 6.45) is 0.0410. The van der Waals surface area contributed by atoms with Gasteiger partial charge in [0.1, 0.15) is 11.6 Å². The fourth-order valence-electron chi connectivity index (χ4n) is 0.813. The summed E-state index contributed by atoms with van der Waals surface area (Å²) in [4.78, 5) is 0. The lowest BCUT2D eigenvalue weighted by atomic mass is 10.2. The van der Waals surface area contributed by atoms with Crippen LogP contribution in [-0.4, -0.2) is 0 Å². The average Bonchev–Trinajstić information content (AvgIpc) is 2.14. The van der Waals surface area contributed by atoms with Crippen LogP contribution in [0.1, 0.15) is 12.0 Å². The molecule has 0 unspecified atom stereocenters. The van der Waals surface area contributed by atoms with Gasteiger partial charge < -0.3 is 0 Å². The van der Waals surface area contributed by atoms with Gasteiger partial charge >= 0.3 is 0 Å². The minimum absolute atomic E-state index is 0.0410. The number of rotatable bonds is 0. The number of halogens is 3. The van der Waals surface area contributed by atoms with Gasteiger partial charge in [-0.25, -0.2) is 8.78 Å². The Morgan fingerprint density at radius 2 is 1.86 bits per heavy atom. The van der Waals surface area contributed by atoms with Gasteiger partial charge in [0.15, 0.2) is 0 Å². The molecule has 0 saturated carbocycles. The normalized spacial score (nSPS) is 8.71. The van der Waals surface area contributed by atoms with Crippen molar-refractivity contribution < 1.29 is 8.78 Å². The molecule has 0 spiro atoms. The zero-order valence-electron chi connectivity index (χ0n) is 6.94. The van der Waals surface area contributed by atoms with Crippen molar-refractivity contribution in [2.45, 2.75) is 6.42 Å². The third-order valence-corrected chi connectivity index (χ3v) is 2.14. The highest BCUT2D eigenvalue weighted by Crippen LogP contribution is 2.20. The van der Waals surface area contributed by atoms with Crippen molar-refractivity contribution in [3.05, 3.63) is 33.8 Å². The Labute approximate surface area is 88.5 Å². The lowest BCUT2D eigenvalue weighted by Gasteiger charge is -1.97. The molecule has 14 heavy (non-hydrogen) atoms. The van der Waals surface area contributed by atoms with Gasteiger partial charge in [-0.1, -0.05) is 11.8 Å². The average molecular weight is 256 g/mol. The molecular weight excluding hydrogens is 252 g/mol. The Morgan fingerprint density at radius 3 is 2.36 bits per heavy atom. The van der Waals surface area contributed by atoms with Gasteiger partial charge in [0, 0.05) is 5.56 Å². The highest BCUT2D eigenvalue weighted by Gasteiger charge is 2.06. The van der Waals surface area contributed by atoms with E-state index in [-0.39, 0.29) is 16.5 Å². The Morgan fingerprint density at radius 1 is 1.29 bits per heavy atom. The summed E-state index contributed by atoms with van der Waals surface area (Å²) in [5, 5.41) is 8.19. The van der Waals surface area contributed by atoms with Crippen molar-refractivity contribution >= 4 is 15.9 Å². The van der Waals surface area contributed by atoms with E-state index in [1.165, 1.54) is 0 Å². The molecule has 70 valence electrons. The first-order chi connectivity index (χ1) is 6.65. The van der Waals surface area contributed by atoms with E-state index in [2.05, 4.69) is 27.8 Å². The molecule has 0 saturated heterocycles. The number of nitriles is 1. The third-order valence-electron chi connectivity index (χ3n) is 1.38. The molecule has 0 aromatic heterocycles. The summed E-state index contributed by atoms with van der Waals surface area (Å²) < 4.78 is 25.7. The first-order valence-electron chi connectivity index (χ1n) is 3.65. The largest absolute Gasteiger partial charge is 0.206 e. The standard InChI is InChI=1S/C10H4BrF2N/c11-10-8(12)5-7(6-9(10)13)3-1-2-4-14/h5-6H,2H2. The van der Waals surface area contributed by atoms with E-state index in [0.717, 1.165) is 12.1 Å². The zero-order valence-corrected chi connectivity index (χ0v) is 8.53. The summed E-state index contributed by atoms with van der Waals surface area (Å²) in [6, 6.07) is 4.03. The van der Waals surface area contributed by atoms with Crippen molar-refractivity contribution in [2.75, 3.05) is 0 Å². The SMILES string of the molecule is N#CCC#Cc1cc(F)c(Br)c(F)c1. The fourth-order valence-corrected chi connectivity index (χ4v) is 1.04. The van der Waals surface area contributed by atoms with Crippen molar-refractivity contribution in [3.63, 3.8) is 0 Å². The summed E-state index contributed by atoms with van der Waals surface area (Å²) in [6.45, 7) is 0. The second-order valence-corrected chi connectivity index (χ2v) is 3.18. The van der Waals surface area contributed by atoms with Crippen LogP contribution in [0.15, 0.2) is 16.6 Å². The van der Waals surface area contributed by atoms with Crippen LogP contribution in [0, 0.1) is 34.8 Å². The predicted molar refractivity (Wildman–Crippen MR) is 51.2 cm³/mol. The highest BCUT2D eigenvalue weighted by atomic mass is 79.9. The lowest BCUT2D eigenvalue weighted by molar-refractivity contribution is 0.571. The Hall–Kier alpha value is -1.39. The number of hydrogen-bond donors (Lipinski definition) is 0. The number of benzene rings is 1. The van der Waals surface area contributed by atoms with Crippen LogP contribution in [0.2, 0.25) is 0 Å². The molecule has 0 heterocycles. The van der Waals surface area contributed by atoms with Crippen LogP contribution in [0.5, 0.6) is 0 Å². The van der Waals surface area contributed by atoms with Crippen LogP contribution in [0.25, 0.3) is 0 Å². The van der Waals surface area contributed by atoms with Gasteiger partial charge in [-0.2, -0.15) is 5.26 Å². The molecule has 0 atom stereocenters. The van der Waals surface area contributed by atoms with Gasteiger partial charge in [-0.15, -0.1) is 0 Å². The second kappa shape index (κ2) is 4.74. The first kappa shape index (κ1) is 10.7. The maximum absolute atomic E-state index is 12.9. The van der Waals surface area contributed by atoms with Crippen molar-refractivity contribution in [1.82, 2.24) is 0 Å². The van der Waals surface area contributed by atoms with Crippen LogP contribution in [0.3, 0.4) is 0 Å². The molecule has 0 radical (unpaired) electrons. The lowest BCUT2D eigenvalue weighted by Crippen LogP contribution is -1.86. The van der Waals surface area contributed by atoms with Crippen LogP contribution in [-0.2, 0) is 0 Å². The number of nitrogens with zero attached hydrogens (tertiary/aromatic N) is 1. The van der Waals surface area contributed by atoms with Gasteiger partial charge in [-0.05, 0) is 28.1 Å². The second-order valence-electron chi connectivity index (χ2n) is 2.39. The van der Waals surface area contributed by atoms with E-state index in [1.807, 2.05) is 6.07 Å². The molecule has 1 aromatic rings. The van der Waals surface area contributed by atoms with E-state index in [1.54, 1.807) is 0 Å². The van der Waals surface area contributed by atoms with E-state index in [0.29, 0.717) is 0 Å². The highest BCUT2D eigenvalue weighted by molar-refractivity contribution is 9.10. The minimum atomic E-state index is -0.703. The van der Waals surface area contributed by atoms with E-state index in [4.69, 9.17) is 5.26 Å². The molecule has 0 fully saturated rings. The Balaban J connectivity index is 3.04. The smallest absolute Gasteiger partial charge is 0.141 e. The zero-order chi connectivity index (χ0) is 10.6. The van der Waals surface area contributed by atoms with E-state index >= 15 is 0 Å². The molecule has 1 nitrogen and oxygen atoms in total. The van der Waals surface area contributed by atoms with Crippen molar-refractivity contribution in [3.8, 4) is 17.9 Å². The maximum Gasteiger partial charge on any atom is 0.141 e. The van der Waals surface area contributed by atoms with Gasteiger partial charge in [0.25, 0.3) is 0 Å². The summed E-state index contributed by atoms with van der Waals surface area (Å²) in [5.41, 5.74) is 0.221.